The zero-order valence-electron chi connectivity index (χ0n) is 18.4. The molecule has 0 aliphatic carbocycles. The average Bonchev–Trinajstić information content (AvgIpc) is 2.59. The third-order valence-corrected chi connectivity index (χ3v) is 5.38. The molecule has 1 aromatic rings. The van der Waals surface area contributed by atoms with Gasteiger partial charge in [-0.2, -0.15) is 0 Å². The second-order valence-corrected chi connectivity index (χ2v) is 9.10. The van der Waals surface area contributed by atoms with Crippen molar-refractivity contribution in [1.29, 1.82) is 0 Å². The quantitative estimate of drug-likeness (QED) is 0.528. The standard InChI is InChI=1S/C26H36N2/c1-11-23-14-12-18(2)16-24(23)21(5)27(10)25-15-13-19(3)28(22(25)6)20(4)17-26(7,8)9/h11-12,14,16,25H,1,3-6,13,15,17H2,2,7-10H3. The minimum Gasteiger partial charge on any atom is -0.366 e. The molecule has 0 aromatic heterocycles. The molecule has 0 spiro atoms. The first-order valence-corrected chi connectivity index (χ1v) is 9.96. The Morgan fingerprint density at radius 1 is 1.25 bits per heavy atom. The van der Waals surface area contributed by atoms with E-state index in [0.717, 1.165) is 53.2 Å². The fraction of sp³-hybridized carbons (Fsp3) is 0.385. The van der Waals surface area contributed by atoms with Gasteiger partial charge in [0.05, 0.1) is 6.04 Å². The molecule has 0 radical (unpaired) electrons. The van der Waals surface area contributed by atoms with Gasteiger partial charge < -0.3 is 9.80 Å². The van der Waals surface area contributed by atoms with Crippen LogP contribution in [0, 0.1) is 12.3 Å². The molecule has 1 fully saturated rings. The normalized spacial score (nSPS) is 17.5. The Morgan fingerprint density at radius 3 is 2.46 bits per heavy atom. The zero-order valence-corrected chi connectivity index (χ0v) is 18.4. The highest BCUT2D eigenvalue weighted by Crippen LogP contribution is 2.38. The summed E-state index contributed by atoms with van der Waals surface area (Å²) in [7, 11) is 2.10. The minimum absolute atomic E-state index is 0.160. The molecule has 1 atom stereocenters. The molecule has 1 aromatic carbocycles. The van der Waals surface area contributed by atoms with Gasteiger partial charge in [-0.3, -0.25) is 0 Å². The van der Waals surface area contributed by atoms with Crippen LogP contribution >= 0.6 is 0 Å². The topological polar surface area (TPSA) is 6.48 Å². The Kier molecular flexibility index (Phi) is 6.44. The lowest BCUT2D eigenvalue weighted by Gasteiger charge is -2.44. The molecule has 1 unspecified atom stereocenters. The first-order chi connectivity index (χ1) is 13.0. The van der Waals surface area contributed by atoms with E-state index in [1.807, 2.05) is 6.08 Å². The number of likely N-dealkylation sites (N-methyl/N-ethyl adjacent to an activating group) is 1. The molecule has 1 saturated heterocycles. The molecule has 1 aliphatic rings. The maximum Gasteiger partial charge on any atom is 0.0691 e. The van der Waals surface area contributed by atoms with Crippen LogP contribution < -0.4 is 0 Å². The largest absolute Gasteiger partial charge is 0.366 e. The van der Waals surface area contributed by atoms with Gasteiger partial charge in [-0.25, -0.2) is 0 Å². The second-order valence-electron chi connectivity index (χ2n) is 9.10. The van der Waals surface area contributed by atoms with Gasteiger partial charge in [0.25, 0.3) is 0 Å². The summed E-state index contributed by atoms with van der Waals surface area (Å²) in [6.45, 7) is 30.2. The Balaban J connectivity index is 2.29. The lowest BCUT2D eigenvalue weighted by atomic mass is 9.88. The minimum atomic E-state index is 0.160. The van der Waals surface area contributed by atoms with Crippen molar-refractivity contribution in [3.05, 3.63) is 84.9 Å². The van der Waals surface area contributed by atoms with Crippen molar-refractivity contribution in [2.75, 3.05) is 7.05 Å². The molecule has 0 saturated carbocycles. The van der Waals surface area contributed by atoms with Crippen LogP contribution in [0.3, 0.4) is 0 Å². The second kappa shape index (κ2) is 8.26. The van der Waals surface area contributed by atoms with Crippen LogP contribution in [0.25, 0.3) is 11.8 Å². The van der Waals surface area contributed by atoms with E-state index < -0.39 is 0 Å². The van der Waals surface area contributed by atoms with Gasteiger partial charge in [0.2, 0.25) is 0 Å². The number of allylic oxidation sites excluding steroid dienone is 2. The van der Waals surface area contributed by atoms with Crippen molar-refractivity contribution in [1.82, 2.24) is 9.80 Å². The maximum absolute atomic E-state index is 4.44. The first kappa shape index (κ1) is 21.8. The summed E-state index contributed by atoms with van der Waals surface area (Å²) in [5.41, 5.74) is 7.76. The van der Waals surface area contributed by atoms with Gasteiger partial charge in [0, 0.05) is 35.4 Å². The van der Waals surface area contributed by atoms with Crippen molar-refractivity contribution in [3.8, 4) is 0 Å². The number of hydrogen-bond donors (Lipinski definition) is 0. The van der Waals surface area contributed by atoms with E-state index in [2.05, 4.69) is 95.6 Å². The van der Waals surface area contributed by atoms with E-state index in [1.165, 1.54) is 5.56 Å². The van der Waals surface area contributed by atoms with Gasteiger partial charge in [0.1, 0.15) is 0 Å². The summed E-state index contributed by atoms with van der Waals surface area (Å²) < 4.78 is 0. The molecular weight excluding hydrogens is 340 g/mol. The van der Waals surface area contributed by atoms with Crippen LogP contribution in [0.15, 0.2) is 68.2 Å². The molecule has 0 bridgehead atoms. The third-order valence-electron chi connectivity index (χ3n) is 5.38. The highest BCUT2D eigenvalue weighted by atomic mass is 15.2. The zero-order chi connectivity index (χ0) is 21.2. The van der Waals surface area contributed by atoms with Crippen LogP contribution in [0.5, 0.6) is 0 Å². The average molecular weight is 377 g/mol. The molecule has 2 rings (SSSR count). The summed E-state index contributed by atoms with van der Waals surface area (Å²) in [4.78, 5) is 4.42. The van der Waals surface area contributed by atoms with Gasteiger partial charge >= 0.3 is 0 Å². The first-order valence-electron chi connectivity index (χ1n) is 9.96. The Hall–Kier alpha value is -2.48. The van der Waals surface area contributed by atoms with Crippen LogP contribution in [-0.2, 0) is 0 Å². The molecule has 2 nitrogen and oxygen atoms in total. The predicted octanol–water partition coefficient (Wildman–Crippen LogP) is 6.98. The van der Waals surface area contributed by atoms with Crippen molar-refractivity contribution >= 4 is 11.8 Å². The maximum atomic E-state index is 4.44. The fourth-order valence-electron chi connectivity index (χ4n) is 3.95. The van der Waals surface area contributed by atoms with Crippen molar-refractivity contribution < 1.29 is 0 Å². The number of likely N-dealkylation sites (tertiary alicyclic amines) is 1. The van der Waals surface area contributed by atoms with E-state index in [9.17, 15) is 0 Å². The van der Waals surface area contributed by atoms with Crippen LogP contribution in [0.1, 0.15) is 56.7 Å². The van der Waals surface area contributed by atoms with Gasteiger partial charge in [-0.15, -0.1) is 0 Å². The Labute approximate surface area is 172 Å². The summed E-state index contributed by atoms with van der Waals surface area (Å²) in [5, 5.41) is 0. The molecular formula is C26H36N2. The number of nitrogens with zero attached hydrogens (tertiary/aromatic N) is 2. The van der Waals surface area contributed by atoms with E-state index in [1.54, 1.807) is 0 Å². The van der Waals surface area contributed by atoms with Crippen LogP contribution in [0.4, 0.5) is 0 Å². The summed E-state index contributed by atoms with van der Waals surface area (Å²) in [5.74, 6) is 0. The van der Waals surface area contributed by atoms with Crippen molar-refractivity contribution in [3.63, 3.8) is 0 Å². The van der Waals surface area contributed by atoms with E-state index in [4.69, 9.17) is 0 Å². The molecule has 150 valence electrons. The Bertz CT molecular complexity index is 819. The van der Waals surface area contributed by atoms with E-state index in [-0.39, 0.29) is 11.5 Å². The molecule has 2 heteroatoms. The predicted molar refractivity (Wildman–Crippen MR) is 124 cm³/mol. The highest BCUT2D eigenvalue weighted by Gasteiger charge is 2.32. The monoisotopic (exact) mass is 376 g/mol. The lowest BCUT2D eigenvalue weighted by Crippen LogP contribution is -2.42. The number of rotatable bonds is 6. The van der Waals surface area contributed by atoms with Crippen molar-refractivity contribution in [2.45, 2.75) is 53.0 Å². The van der Waals surface area contributed by atoms with Crippen LogP contribution in [-0.4, -0.2) is 22.9 Å². The Morgan fingerprint density at radius 2 is 1.89 bits per heavy atom. The third kappa shape index (κ3) is 4.67. The molecule has 1 aliphatic heterocycles. The van der Waals surface area contributed by atoms with Gasteiger partial charge in [-0.05, 0) is 43.2 Å². The molecule has 28 heavy (non-hydrogen) atoms. The van der Waals surface area contributed by atoms with Gasteiger partial charge in [-0.1, -0.05) is 77.4 Å². The van der Waals surface area contributed by atoms with Crippen molar-refractivity contribution in [2.24, 2.45) is 5.41 Å². The summed E-state index contributed by atoms with van der Waals surface area (Å²) in [6.07, 6.45) is 4.69. The highest BCUT2D eigenvalue weighted by molar-refractivity contribution is 5.72. The van der Waals surface area contributed by atoms with E-state index >= 15 is 0 Å². The molecule has 1 heterocycles. The van der Waals surface area contributed by atoms with E-state index in [0.29, 0.717) is 0 Å². The number of benzene rings is 1. The number of hydrogen-bond acceptors (Lipinski definition) is 2. The molecule has 0 amide bonds. The fourth-order valence-corrected chi connectivity index (χ4v) is 3.95. The summed E-state index contributed by atoms with van der Waals surface area (Å²) >= 11 is 0. The number of piperidine rings is 1. The van der Waals surface area contributed by atoms with Crippen LogP contribution in [0.2, 0.25) is 0 Å². The summed E-state index contributed by atoms with van der Waals surface area (Å²) in [6, 6.07) is 6.55. The SMILES string of the molecule is C=Cc1ccc(C)cc1C(=C)N(C)C1CCC(=C)N(C(=C)CC(C)(C)C)C1=C. The smallest absolute Gasteiger partial charge is 0.0691 e. The molecule has 0 N–H and O–H groups in total. The van der Waals surface area contributed by atoms with Gasteiger partial charge in [0.15, 0.2) is 0 Å². The number of aryl methyl sites for hydroxylation is 1. The lowest BCUT2D eigenvalue weighted by molar-refractivity contribution is 0.262.